The molecule has 0 aliphatic heterocycles. The zero-order valence-electron chi connectivity index (χ0n) is 12.1. The molecular weight excluding hydrogens is 320 g/mol. The van der Waals surface area contributed by atoms with Crippen molar-refractivity contribution < 1.29 is 4.79 Å². The van der Waals surface area contributed by atoms with Crippen molar-refractivity contribution in [3.05, 3.63) is 46.2 Å². The van der Waals surface area contributed by atoms with Gasteiger partial charge in [0.25, 0.3) is 0 Å². The molecule has 2 rings (SSSR count). The molecule has 112 valence electrons. The van der Waals surface area contributed by atoms with Crippen LogP contribution in [0.4, 0.5) is 5.69 Å². The van der Waals surface area contributed by atoms with Crippen molar-refractivity contribution in [2.45, 2.75) is 19.0 Å². The normalized spacial score (nSPS) is 10.1. The first-order chi connectivity index (χ1) is 10.5. The SMILES string of the molecule is Cc1cc(C)nc(SCC(=O)Nc2cc(Cl)ccc2C#N)n1. The zero-order valence-corrected chi connectivity index (χ0v) is 13.6. The minimum absolute atomic E-state index is 0.153. The molecule has 0 unspecified atom stereocenters. The van der Waals surface area contributed by atoms with Gasteiger partial charge in [-0.05, 0) is 38.1 Å². The van der Waals surface area contributed by atoms with Gasteiger partial charge in [0.1, 0.15) is 6.07 Å². The maximum atomic E-state index is 12.0. The highest BCUT2D eigenvalue weighted by Gasteiger charge is 2.09. The van der Waals surface area contributed by atoms with Gasteiger partial charge in [-0.15, -0.1) is 0 Å². The summed E-state index contributed by atoms with van der Waals surface area (Å²) in [6.45, 7) is 3.76. The van der Waals surface area contributed by atoms with Crippen molar-refractivity contribution in [2.24, 2.45) is 0 Å². The molecule has 1 N–H and O–H groups in total. The zero-order chi connectivity index (χ0) is 16.1. The summed E-state index contributed by atoms with van der Waals surface area (Å²) in [6.07, 6.45) is 0. The van der Waals surface area contributed by atoms with Crippen molar-refractivity contribution in [1.29, 1.82) is 5.26 Å². The van der Waals surface area contributed by atoms with E-state index < -0.39 is 0 Å². The number of carbonyl (C=O) groups excluding carboxylic acids is 1. The van der Waals surface area contributed by atoms with Crippen LogP contribution in [0.1, 0.15) is 17.0 Å². The molecule has 0 fully saturated rings. The Morgan fingerprint density at radius 3 is 2.64 bits per heavy atom. The summed E-state index contributed by atoms with van der Waals surface area (Å²) in [7, 11) is 0. The summed E-state index contributed by atoms with van der Waals surface area (Å²) in [5.74, 6) is -0.0909. The fourth-order valence-corrected chi connectivity index (χ4v) is 2.71. The van der Waals surface area contributed by atoms with Crippen LogP contribution in [0.15, 0.2) is 29.4 Å². The second-order valence-corrected chi connectivity index (χ2v) is 5.95. The summed E-state index contributed by atoms with van der Waals surface area (Å²) < 4.78 is 0. The molecule has 0 radical (unpaired) electrons. The lowest BCUT2D eigenvalue weighted by Crippen LogP contribution is -2.15. The number of nitriles is 1. The first kappa shape index (κ1) is 16.3. The van der Waals surface area contributed by atoms with Gasteiger partial charge in [-0.3, -0.25) is 4.79 Å². The predicted molar refractivity (Wildman–Crippen MR) is 87.0 cm³/mol. The number of aryl methyl sites for hydroxylation is 2. The van der Waals surface area contributed by atoms with Gasteiger partial charge >= 0.3 is 0 Å². The van der Waals surface area contributed by atoms with Gasteiger partial charge in [0.15, 0.2) is 5.16 Å². The van der Waals surface area contributed by atoms with E-state index in [4.69, 9.17) is 16.9 Å². The van der Waals surface area contributed by atoms with Crippen LogP contribution in [-0.2, 0) is 4.79 Å². The first-order valence-electron chi connectivity index (χ1n) is 6.42. The molecule has 1 aromatic heterocycles. The summed E-state index contributed by atoms with van der Waals surface area (Å²) in [5, 5.41) is 12.7. The van der Waals surface area contributed by atoms with Crippen molar-refractivity contribution in [3.63, 3.8) is 0 Å². The summed E-state index contributed by atoms with van der Waals surface area (Å²) in [5.41, 5.74) is 2.49. The Bertz CT molecular complexity index is 737. The Morgan fingerprint density at radius 1 is 1.32 bits per heavy atom. The number of carbonyl (C=O) groups is 1. The van der Waals surface area contributed by atoms with E-state index in [-0.39, 0.29) is 11.7 Å². The third-order valence-corrected chi connectivity index (χ3v) is 3.75. The standard InChI is InChI=1S/C15H13ClN4OS/c1-9-5-10(2)19-15(18-9)22-8-14(21)20-13-6-12(16)4-3-11(13)7-17/h3-6H,8H2,1-2H3,(H,20,21). The Balaban J connectivity index is 2.02. The molecule has 0 atom stereocenters. The highest BCUT2D eigenvalue weighted by atomic mass is 35.5. The van der Waals surface area contributed by atoms with Crippen LogP contribution in [0.3, 0.4) is 0 Å². The van der Waals surface area contributed by atoms with E-state index in [0.717, 1.165) is 11.4 Å². The fourth-order valence-electron chi connectivity index (χ4n) is 1.79. The number of anilines is 1. The van der Waals surface area contributed by atoms with Crippen LogP contribution in [0, 0.1) is 25.2 Å². The van der Waals surface area contributed by atoms with E-state index in [1.807, 2.05) is 26.0 Å². The Hall–Kier alpha value is -2.10. The van der Waals surface area contributed by atoms with E-state index in [1.165, 1.54) is 11.8 Å². The summed E-state index contributed by atoms with van der Waals surface area (Å²) >= 11 is 7.12. The molecule has 0 saturated heterocycles. The maximum Gasteiger partial charge on any atom is 0.234 e. The lowest BCUT2D eigenvalue weighted by atomic mass is 10.2. The minimum Gasteiger partial charge on any atom is -0.324 e. The van der Waals surface area contributed by atoms with Gasteiger partial charge in [0.05, 0.1) is 17.0 Å². The van der Waals surface area contributed by atoms with Gasteiger partial charge in [0, 0.05) is 16.4 Å². The van der Waals surface area contributed by atoms with E-state index >= 15 is 0 Å². The molecule has 7 heteroatoms. The molecule has 2 aromatic rings. The summed E-state index contributed by atoms with van der Waals surface area (Å²) in [4.78, 5) is 20.5. The van der Waals surface area contributed by atoms with Crippen LogP contribution in [0.2, 0.25) is 5.02 Å². The predicted octanol–water partition coefficient (Wildman–Crippen LogP) is 3.35. The number of halogens is 1. The van der Waals surface area contributed by atoms with Crippen LogP contribution >= 0.6 is 23.4 Å². The number of benzene rings is 1. The number of hydrogen-bond acceptors (Lipinski definition) is 5. The van der Waals surface area contributed by atoms with E-state index in [1.54, 1.807) is 18.2 Å². The first-order valence-corrected chi connectivity index (χ1v) is 7.79. The molecule has 0 bridgehead atoms. The lowest BCUT2D eigenvalue weighted by molar-refractivity contribution is -0.113. The van der Waals surface area contributed by atoms with E-state index in [2.05, 4.69) is 15.3 Å². The molecule has 0 aliphatic rings. The van der Waals surface area contributed by atoms with Crippen molar-refractivity contribution in [2.75, 3.05) is 11.1 Å². The van der Waals surface area contributed by atoms with Crippen LogP contribution in [0.5, 0.6) is 0 Å². The maximum absolute atomic E-state index is 12.0. The van der Waals surface area contributed by atoms with Gasteiger partial charge < -0.3 is 5.32 Å². The number of nitrogens with zero attached hydrogens (tertiary/aromatic N) is 3. The number of thioether (sulfide) groups is 1. The Kier molecular flexibility index (Phi) is 5.36. The third-order valence-electron chi connectivity index (χ3n) is 2.67. The number of aromatic nitrogens is 2. The quantitative estimate of drug-likeness (QED) is 0.686. The third kappa shape index (κ3) is 4.45. The molecule has 0 aliphatic carbocycles. The monoisotopic (exact) mass is 332 g/mol. The molecule has 1 amide bonds. The number of amides is 1. The topological polar surface area (TPSA) is 78.7 Å². The average Bonchev–Trinajstić information content (AvgIpc) is 2.44. The second-order valence-electron chi connectivity index (χ2n) is 4.57. The Labute approximate surface area is 137 Å². The number of nitrogens with one attached hydrogen (secondary N) is 1. The highest BCUT2D eigenvalue weighted by Crippen LogP contribution is 2.21. The fraction of sp³-hybridized carbons (Fsp3) is 0.200. The van der Waals surface area contributed by atoms with Gasteiger partial charge in [-0.1, -0.05) is 23.4 Å². The Morgan fingerprint density at radius 2 is 2.00 bits per heavy atom. The number of hydrogen-bond donors (Lipinski definition) is 1. The molecule has 1 aromatic carbocycles. The van der Waals surface area contributed by atoms with Crippen molar-refractivity contribution in [1.82, 2.24) is 9.97 Å². The molecule has 0 saturated carbocycles. The largest absolute Gasteiger partial charge is 0.324 e. The molecule has 22 heavy (non-hydrogen) atoms. The molecule has 5 nitrogen and oxygen atoms in total. The average molecular weight is 333 g/mol. The van der Waals surface area contributed by atoms with Crippen LogP contribution < -0.4 is 5.32 Å². The molecule has 1 heterocycles. The molecular formula is C15H13ClN4OS. The lowest BCUT2D eigenvalue weighted by Gasteiger charge is -2.07. The smallest absolute Gasteiger partial charge is 0.234 e. The van der Waals surface area contributed by atoms with Gasteiger partial charge in [-0.25, -0.2) is 9.97 Å². The minimum atomic E-state index is -0.244. The van der Waals surface area contributed by atoms with Crippen molar-refractivity contribution >= 4 is 35.0 Å². The van der Waals surface area contributed by atoms with Crippen molar-refractivity contribution in [3.8, 4) is 6.07 Å². The highest BCUT2D eigenvalue weighted by molar-refractivity contribution is 7.99. The number of rotatable bonds is 4. The van der Waals surface area contributed by atoms with Crippen LogP contribution in [-0.4, -0.2) is 21.6 Å². The molecule has 0 spiro atoms. The van der Waals surface area contributed by atoms with E-state index in [9.17, 15) is 4.79 Å². The van der Waals surface area contributed by atoms with E-state index in [0.29, 0.717) is 21.4 Å². The summed E-state index contributed by atoms with van der Waals surface area (Å²) in [6, 6.07) is 8.61. The van der Waals surface area contributed by atoms with Crippen LogP contribution in [0.25, 0.3) is 0 Å². The second kappa shape index (κ2) is 7.25. The van der Waals surface area contributed by atoms with Gasteiger partial charge in [-0.2, -0.15) is 5.26 Å². The van der Waals surface area contributed by atoms with Gasteiger partial charge in [0.2, 0.25) is 5.91 Å².